The molecule has 1 N–H and O–H groups in total. The van der Waals surface area contributed by atoms with Crippen molar-refractivity contribution in [2.24, 2.45) is 0 Å². The van der Waals surface area contributed by atoms with Gasteiger partial charge in [0.1, 0.15) is 0 Å². The average Bonchev–Trinajstić information content (AvgIpc) is 2.39. The first-order valence-corrected chi connectivity index (χ1v) is 6.24. The van der Waals surface area contributed by atoms with Gasteiger partial charge in [-0.2, -0.15) is 0 Å². The molecule has 1 aromatic heterocycles. The summed E-state index contributed by atoms with van der Waals surface area (Å²) in [7, 11) is 1.93. The molecular formula is C14H11BrN2. The Morgan fingerprint density at radius 3 is 2.59 bits per heavy atom. The Hall–Kier alpha value is -1.61. The number of aromatic nitrogens is 1. The van der Waals surface area contributed by atoms with Gasteiger partial charge < -0.3 is 5.32 Å². The summed E-state index contributed by atoms with van der Waals surface area (Å²) in [4.78, 5) is 4.50. The number of pyridine rings is 1. The van der Waals surface area contributed by atoms with E-state index in [0.717, 1.165) is 21.1 Å². The maximum absolute atomic E-state index is 4.50. The highest BCUT2D eigenvalue weighted by atomic mass is 79.9. The largest absolute Gasteiger partial charge is 0.388 e. The smallest absolute Gasteiger partial charge is 0.0801 e. The summed E-state index contributed by atoms with van der Waals surface area (Å²) in [6.07, 6.45) is 1.84. The van der Waals surface area contributed by atoms with E-state index in [0.29, 0.717) is 0 Å². The molecule has 0 saturated heterocycles. The SMILES string of the molecule is CNc1ccnc2c1cc(Br)c1ccccc12. The van der Waals surface area contributed by atoms with Crippen LogP contribution >= 0.6 is 15.9 Å². The number of halogens is 1. The number of anilines is 1. The van der Waals surface area contributed by atoms with Crippen LogP contribution < -0.4 is 5.32 Å². The zero-order chi connectivity index (χ0) is 11.8. The quantitative estimate of drug-likeness (QED) is 0.679. The first-order chi connectivity index (χ1) is 8.31. The van der Waals surface area contributed by atoms with Gasteiger partial charge in [-0.15, -0.1) is 0 Å². The number of rotatable bonds is 1. The van der Waals surface area contributed by atoms with Gasteiger partial charge in [0.25, 0.3) is 0 Å². The maximum Gasteiger partial charge on any atom is 0.0801 e. The second-order valence-electron chi connectivity index (χ2n) is 3.91. The Kier molecular flexibility index (Phi) is 2.48. The Balaban J connectivity index is 2.57. The van der Waals surface area contributed by atoms with Crippen molar-refractivity contribution in [1.29, 1.82) is 0 Å². The first kappa shape index (κ1) is 10.5. The van der Waals surface area contributed by atoms with Crippen molar-refractivity contribution in [1.82, 2.24) is 4.98 Å². The summed E-state index contributed by atoms with van der Waals surface area (Å²) in [5.41, 5.74) is 2.14. The lowest BCUT2D eigenvalue weighted by Crippen LogP contribution is -1.91. The van der Waals surface area contributed by atoms with E-state index in [-0.39, 0.29) is 0 Å². The van der Waals surface area contributed by atoms with Crippen LogP contribution in [0.25, 0.3) is 21.7 Å². The number of hydrogen-bond acceptors (Lipinski definition) is 2. The highest BCUT2D eigenvalue weighted by Crippen LogP contribution is 2.33. The Morgan fingerprint density at radius 2 is 1.82 bits per heavy atom. The number of hydrogen-bond donors (Lipinski definition) is 1. The zero-order valence-corrected chi connectivity index (χ0v) is 11.0. The van der Waals surface area contributed by atoms with E-state index < -0.39 is 0 Å². The summed E-state index contributed by atoms with van der Waals surface area (Å²) >= 11 is 3.63. The Morgan fingerprint density at radius 1 is 1.06 bits per heavy atom. The van der Waals surface area contributed by atoms with Crippen LogP contribution in [0.4, 0.5) is 5.69 Å². The van der Waals surface area contributed by atoms with Gasteiger partial charge in [-0.05, 0) is 17.5 Å². The molecule has 0 unspecified atom stereocenters. The molecule has 0 aliphatic heterocycles. The standard InChI is InChI=1S/C14H11BrN2/c1-16-13-6-7-17-14-10-5-3-2-4-9(10)12(15)8-11(13)14/h2-8H,1H3,(H,16,17). The summed E-state index contributed by atoms with van der Waals surface area (Å²) in [6, 6.07) is 12.4. The van der Waals surface area contributed by atoms with Crippen molar-refractivity contribution in [3.05, 3.63) is 47.1 Å². The maximum atomic E-state index is 4.50. The van der Waals surface area contributed by atoms with Gasteiger partial charge in [-0.25, -0.2) is 0 Å². The number of fused-ring (bicyclic) bond motifs is 3. The Bertz CT molecular complexity index is 707. The fourth-order valence-corrected chi connectivity index (χ4v) is 2.73. The second kappa shape index (κ2) is 4.00. The van der Waals surface area contributed by atoms with Crippen molar-refractivity contribution >= 4 is 43.3 Å². The highest BCUT2D eigenvalue weighted by molar-refractivity contribution is 9.10. The molecule has 0 atom stereocenters. The van der Waals surface area contributed by atoms with Crippen LogP contribution in [0.15, 0.2) is 47.1 Å². The molecule has 0 amide bonds. The van der Waals surface area contributed by atoms with E-state index in [1.807, 2.05) is 31.4 Å². The van der Waals surface area contributed by atoms with Crippen LogP contribution in [0.3, 0.4) is 0 Å². The molecule has 3 rings (SSSR count). The minimum atomic E-state index is 1.04. The molecule has 2 aromatic carbocycles. The third kappa shape index (κ3) is 1.58. The molecule has 17 heavy (non-hydrogen) atoms. The predicted octanol–water partition coefficient (Wildman–Crippen LogP) is 4.19. The van der Waals surface area contributed by atoms with Crippen LogP contribution in [0.1, 0.15) is 0 Å². The molecule has 0 radical (unpaired) electrons. The second-order valence-corrected chi connectivity index (χ2v) is 4.76. The van der Waals surface area contributed by atoms with E-state index >= 15 is 0 Å². The lowest BCUT2D eigenvalue weighted by molar-refractivity contribution is 1.41. The molecule has 0 spiro atoms. The van der Waals surface area contributed by atoms with Crippen LogP contribution in [0, 0.1) is 0 Å². The summed E-state index contributed by atoms with van der Waals surface area (Å²) in [5.74, 6) is 0. The minimum Gasteiger partial charge on any atom is -0.388 e. The van der Waals surface area contributed by atoms with Crippen LogP contribution in [0.5, 0.6) is 0 Å². The third-order valence-electron chi connectivity index (χ3n) is 2.97. The van der Waals surface area contributed by atoms with Gasteiger partial charge in [0, 0.05) is 34.2 Å². The zero-order valence-electron chi connectivity index (χ0n) is 9.37. The van der Waals surface area contributed by atoms with Gasteiger partial charge in [-0.3, -0.25) is 4.98 Å². The third-order valence-corrected chi connectivity index (χ3v) is 3.63. The molecule has 3 heteroatoms. The lowest BCUT2D eigenvalue weighted by Gasteiger charge is -2.09. The van der Waals surface area contributed by atoms with Gasteiger partial charge in [0.15, 0.2) is 0 Å². The molecule has 1 heterocycles. The minimum absolute atomic E-state index is 1.04. The van der Waals surface area contributed by atoms with Crippen LogP contribution in [-0.4, -0.2) is 12.0 Å². The van der Waals surface area contributed by atoms with Gasteiger partial charge in [-0.1, -0.05) is 40.2 Å². The number of nitrogens with zero attached hydrogens (tertiary/aromatic N) is 1. The van der Waals surface area contributed by atoms with Gasteiger partial charge >= 0.3 is 0 Å². The molecule has 0 fully saturated rings. The number of benzene rings is 2. The monoisotopic (exact) mass is 286 g/mol. The normalized spacial score (nSPS) is 10.9. The van der Waals surface area contributed by atoms with E-state index in [2.05, 4.69) is 44.4 Å². The van der Waals surface area contributed by atoms with Crippen LogP contribution in [0.2, 0.25) is 0 Å². The van der Waals surface area contributed by atoms with Crippen molar-refractivity contribution in [2.75, 3.05) is 12.4 Å². The predicted molar refractivity (Wildman–Crippen MR) is 76.5 cm³/mol. The van der Waals surface area contributed by atoms with Crippen molar-refractivity contribution in [3.8, 4) is 0 Å². The molecule has 84 valence electrons. The summed E-state index contributed by atoms with van der Waals surface area (Å²) < 4.78 is 1.10. The van der Waals surface area contributed by atoms with E-state index in [4.69, 9.17) is 0 Å². The number of nitrogens with one attached hydrogen (secondary N) is 1. The molecular weight excluding hydrogens is 276 g/mol. The summed E-state index contributed by atoms with van der Waals surface area (Å²) in [5, 5.41) is 6.71. The first-order valence-electron chi connectivity index (χ1n) is 5.45. The van der Waals surface area contributed by atoms with Crippen molar-refractivity contribution in [2.45, 2.75) is 0 Å². The van der Waals surface area contributed by atoms with E-state index in [1.165, 1.54) is 10.8 Å². The van der Waals surface area contributed by atoms with E-state index in [9.17, 15) is 0 Å². The molecule has 0 bridgehead atoms. The molecule has 0 aliphatic carbocycles. The topological polar surface area (TPSA) is 24.9 Å². The Labute approximate surface area is 108 Å². The molecule has 0 aliphatic rings. The fraction of sp³-hybridized carbons (Fsp3) is 0.0714. The fourth-order valence-electron chi connectivity index (χ4n) is 2.15. The van der Waals surface area contributed by atoms with Crippen LogP contribution in [-0.2, 0) is 0 Å². The molecule has 3 aromatic rings. The van der Waals surface area contributed by atoms with Crippen molar-refractivity contribution < 1.29 is 0 Å². The molecule has 0 saturated carbocycles. The lowest BCUT2D eigenvalue weighted by atomic mass is 10.1. The van der Waals surface area contributed by atoms with Gasteiger partial charge in [0.2, 0.25) is 0 Å². The van der Waals surface area contributed by atoms with Crippen molar-refractivity contribution in [3.63, 3.8) is 0 Å². The highest BCUT2D eigenvalue weighted by Gasteiger charge is 2.07. The van der Waals surface area contributed by atoms with Gasteiger partial charge in [0.05, 0.1) is 5.52 Å². The van der Waals surface area contributed by atoms with E-state index in [1.54, 1.807) is 0 Å². The summed E-state index contributed by atoms with van der Waals surface area (Å²) in [6.45, 7) is 0. The average molecular weight is 287 g/mol. The molecule has 2 nitrogen and oxygen atoms in total.